The molecule has 23 heavy (non-hydrogen) atoms. The van der Waals surface area contributed by atoms with Gasteiger partial charge in [0.2, 0.25) is 0 Å². The fraction of sp³-hybridized carbons (Fsp3) is 0. The number of hydrogen-bond acceptors (Lipinski definition) is 5. The molecule has 0 radical (unpaired) electrons. The van der Waals surface area contributed by atoms with E-state index in [1.807, 2.05) is 6.07 Å². The number of benzene rings is 2. The molecule has 2 aromatic carbocycles. The van der Waals surface area contributed by atoms with Crippen molar-refractivity contribution in [3.63, 3.8) is 0 Å². The molecule has 0 saturated heterocycles. The Morgan fingerprint density at radius 1 is 0.913 bits per heavy atom. The minimum Gasteiger partial charge on any atom is -0.399 e. The van der Waals surface area contributed by atoms with E-state index in [1.165, 1.54) is 0 Å². The SMILES string of the molecule is N#Cc1c(-c2ccc(N)cc2)c(-c2ccc(N)cc2)n[nH]c1=O. The minimum absolute atomic E-state index is 0.0107. The summed E-state index contributed by atoms with van der Waals surface area (Å²) >= 11 is 0. The van der Waals surface area contributed by atoms with E-state index >= 15 is 0 Å². The lowest BCUT2D eigenvalue weighted by Gasteiger charge is -2.10. The first-order valence-corrected chi connectivity index (χ1v) is 6.85. The highest BCUT2D eigenvalue weighted by Crippen LogP contribution is 2.32. The average Bonchev–Trinajstić information content (AvgIpc) is 2.56. The van der Waals surface area contributed by atoms with Crippen LogP contribution in [0.2, 0.25) is 0 Å². The molecule has 0 aliphatic heterocycles. The van der Waals surface area contributed by atoms with Crippen LogP contribution < -0.4 is 17.0 Å². The summed E-state index contributed by atoms with van der Waals surface area (Å²) in [6.45, 7) is 0. The molecule has 3 aromatic rings. The fourth-order valence-electron chi connectivity index (χ4n) is 2.34. The van der Waals surface area contributed by atoms with Gasteiger partial charge in [-0.1, -0.05) is 24.3 Å². The first kappa shape index (κ1) is 14.4. The van der Waals surface area contributed by atoms with Crippen LogP contribution in [0.3, 0.4) is 0 Å². The molecule has 1 aromatic heterocycles. The summed E-state index contributed by atoms with van der Waals surface area (Å²) in [7, 11) is 0. The number of nitriles is 1. The number of H-pyrrole nitrogens is 1. The number of nitrogens with zero attached hydrogens (tertiary/aromatic N) is 2. The zero-order valence-electron chi connectivity index (χ0n) is 12.1. The van der Waals surface area contributed by atoms with E-state index in [1.54, 1.807) is 48.5 Å². The second-order valence-electron chi connectivity index (χ2n) is 5.01. The molecule has 5 N–H and O–H groups in total. The Balaban J connectivity index is 2.33. The lowest BCUT2D eigenvalue weighted by atomic mass is 9.96. The molecule has 0 spiro atoms. The molecule has 0 saturated carbocycles. The van der Waals surface area contributed by atoms with Gasteiger partial charge in [0.1, 0.15) is 17.3 Å². The van der Waals surface area contributed by atoms with Crippen LogP contribution in [-0.2, 0) is 0 Å². The van der Waals surface area contributed by atoms with Crippen molar-refractivity contribution < 1.29 is 0 Å². The van der Waals surface area contributed by atoms with Crippen LogP contribution in [-0.4, -0.2) is 10.2 Å². The van der Waals surface area contributed by atoms with Crippen molar-refractivity contribution >= 4 is 11.4 Å². The Morgan fingerprint density at radius 2 is 1.43 bits per heavy atom. The Labute approximate surface area is 132 Å². The highest BCUT2D eigenvalue weighted by atomic mass is 16.1. The average molecular weight is 303 g/mol. The fourth-order valence-corrected chi connectivity index (χ4v) is 2.34. The molecular weight excluding hydrogens is 290 g/mol. The Hall–Kier alpha value is -3.59. The zero-order valence-corrected chi connectivity index (χ0v) is 12.1. The summed E-state index contributed by atoms with van der Waals surface area (Å²) < 4.78 is 0. The summed E-state index contributed by atoms with van der Waals surface area (Å²) in [6, 6.07) is 16.0. The summed E-state index contributed by atoms with van der Waals surface area (Å²) in [5.41, 5.74) is 14.5. The van der Waals surface area contributed by atoms with Gasteiger partial charge in [0, 0.05) is 22.5 Å². The lowest BCUT2D eigenvalue weighted by Crippen LogP contribution is -2.15. The molecule has 0 atom stereocenters. The van der Waals surface area contributed by atoms with Gasteiger partial charge in [-0.15, -0.1) is 0 Å². The predicted octanol–water partition coefficient (Wildman–Crippen LogP) is 2.14. The number of nitrogens with one attached hydrogen (secondary N) is 1. The third-order valence-corrected chi connectivity index (χ3v) is 3.48. The van der Waals surface area contributed by atoms with Crippen molar-refractivity contribution in [3.05, 3.63) is 64.4 Å². The molecular formula is C17H13N5O. The van der Waals surface area contributed by atoms with Crippen molar-refractivity contribution in [1.82, 2.24) is 10.2 Å². The smallest absolute Gasteiger partial charge is 0.282 e. The molecule has 0 bridgehead atoms. The zero-order chi connectivity index (χ0) is 16.4. The molecule has 0 fully saturated rings. The van der Waals surface area contributed by atoms with Crippen LogP contribution >= 0.6 is 0 Å². The van der Waals surface area contributed by atoms with Crippen LogP contribution in [0.5, 0.6) is 0 Å². The van der Waals surface area contributed by atoms with E-state index in [0.717, 1.165) is 5.56 Å². The third-order valence-electron chi connectivity index (χ3n) is 3.48. The Morgan fingerprint density at radius 3 is 1.96 bits per heavy atom. The first-order valence-electron chi connectivity index (χ1n) is 6.85. The number of nitrogens with two attached hydrogens (primary N) is 2. The molecule has 6 heteroatoms. The van der Waals surface area contributed by atoms with Crippen molar-refractivity contribution in [2.75, 3.05) is 11.5 Å². The van der Waals surface area contributed by atoms with Gasteiger partial charge < -0.3 is 11.5 Å². The van der Waals surface area contributed by atoms with E-state index in [2.05, 4.69) is 10.2 Å². The van der Waals surface area contributed by atoms with Crippen molar-refractivity contribution in [2.24, 2.45) is 0 Å². The van der Waals surface area contributed by atoms with Crippen LogP contribution in [0.15, 0.2) is 53.3 Å². The molecule has 0 aliphatic rings. The van der Waals surface area contributed by atoms with E-state index in [9.17, 15) is 10.1 Å². The summed E-state index contributed by atoms with van der Waals surface area (Å²) in [6.07, 6.45) is 0. The van der Waals surface area contributed by atoms with Gasteiger partial charge in [-0.2, -0.15) is 10.4 Å². The molecule has 112 valence electrons. The van der Waals surface area contributed by atoms with E-state index in [4.69, 9.17) is 11.5 Å². The molecule has 0 aliphatic carbocycles. The van der Waals surface area contributed by atoms with Crippen molar-refractivity contribution in [3.8, 4) is 28.5 Å². The van der Waals surface area contributed by atoms with Crippen LogP contribution in [0.1, 0.15) is 5.56 Å². The number of aromatic amines is 1. The highest BCUT2D eigenvalue weighted by molar-refractivity contribution is 5.85. The number of rotatable bonds is 2. The van der Waals surface area contributed by atoms with Gasteiger partial charge in [0.25, 0.3) is 5.56 Å². The number of hydrogen-bond donors (Lipinski definition) is 3. The van der Waals surface area contributed by atoms with Gasteiger partial charge in [0.15, 0.2) is 0 Å². The first-order chi connectivity index (χ1) is 11.1. The summed E-state index contributed by atoms with van der Waals surface area (Å²) in [5, 5.41) is 15.9. The highest BCUT2D eigenvalue weighted by Gasteiger charge is 2.17. The van der Waals surface area contributed by atoms with Crippen molar-refractivity contribution in [1.29, 1.82) is 5.26 Å². The van der Waals surface area contributed by atoms with Crippen LogP contribution in [0.25, 0.3) is 22.4 Å². The predicted molar refractivity (Wildman–Crippen MR) is 89.3 cm³/mol. The summed E-state index contributed by atoms with van der Waals surface area (Å²) in [4.78, 5) is 12.0. The largest absolute Gasteiger partial charge is 0.399 e. The second kappa shape index (κ2) is 5.66. The molecule has 0 amide bonds. The van der Waals surface area contributed by atoms with Crippen molar-refractivity contribution in [2.45, 2.75) is 0 Å². The van der Waals surface area contributed by atoms with Gasteiger partial charge >= 0.3 is 0 Å². The normalized spacial score (nSPS) is 10.2. The quantitative estimate of drug-likeness (QED) is 0.626. The monoisotopic (exact) mass is 303 g/mol. The van der Waals surface area contributed by atoms with Gasteiger partial charge in [-0.3, -0.25) is 4.79 Å². The maximum Gasteiger partial charge on any atom is 0.282 e. The van der Waals surface area contributed by atoms with Gasteiger partial charge in [0.05, 0.1) is 0 Å². The Bertz CT molecular complexity index is 950. The van der Waals surface area contributed by atoms with E-state index < -0.39 is 5.56 Å². The second-order valence-corrected chi connectivity index (χ2v) is 5.01. The van der Waals surface area contributed by atoms with E-state index in [-0.39, 0.29) is 5.56 Å². The third kappa shape index (κ3) is 2.63. The van der Waals surface area contributed by atoms with Gasteiger partial charge in [-0.05, 0) is 29.8 Å². The lowest BCUT2D eigenvalue weighted by molar-refractivity contribution is 0.990. The molecule has 1 heterocycles. The number of aromatic nitrogens is 2. The number of nitrogen functional groups attached to an aromatic ring is 2. The van der Waals surface area contributed by atoms with Gasteiger partial charge in [-0.25, -0.2) is 5.10 Å². The summed E-state index contributed by atoms with van der Waals surface area (Å²) in [5.74, 6) is 0. The minimum atomic E-state index is -0.529. The van der Waals surface area contributed by atoms with E-state index in [0.29, 0.717) is 28.2 Å². The number of anilines is 2. The molecule has 0 unspecified atom stereocenters. The Kier molecular flexibility index (Phi) is 3.53. The van der Waals surface area contributed by atoms with Crippen LogP contribution in [0.4, 0.5) is 11.4 Å². The maximum atomic E-state index is 12.0. The standard InChI is InChI=1S/C17H13N5O/c18-9-14-15(10-1-5-12(19)6-2-10)16(21-22-17(14)23)11-3-7-13(20)8-4-11/h1-8H,19-20H2,(H,22,23). The topological polar surface area (TPSA) is 122 Å². The molecule has 3 rings (SSSR count). The maximum absolute atomic E-state index is 12.0. The van der Waals surface area contributed by atoms with Crippen LogP contribution in [0, 0.1) is 11.3 Å². The molecule has 6 nitrogen and oxygen atoms in total.